The van der Waals surface area contributed by atoms with E-state index in [1.807, 2.05) is 0 Å². The number of alkyl halides is 1. The average Bonchev–Trinajstić information content (AvgIpc) is 3.55. The van der Waals surface area contributed by atoms with Crippen LogP contribution in [0.4, 0.5) is 19.0 Å². The van der Waals surface area contributed by atoms with Gasteiger partial charge in [-0.05, 0) is 61.0 Å². The molecule has 3 atom stereocenters. The molecule has 7 rings (SSSR count). The largest absolute Gasteiger partial charge is 0.508 e. The number of fused-ring (bicyclic) bond motifs is 3. The lowest BCUT2D eigenvalue weighted by Gasteiger charge is -2.36. The topological polar surface area (TPSA) is 71.0 Å². The van der Waals surface area contributed by atoms with Crippen molar-refractivity contribution in [3.63, 3.8) is 0 Å². The maximum atomic E-state index is 16.8. The monoisotopic (exact) mass is 602 g/mol. The van der Waals surface area contributed by atoms with E-state index in [-0.39, 0.29) is 46.6 Å². The fourth-order valence-corrected chi connectivity index (χ4v) is 7.32. The van der Waals surface area contributed by atoms with E-state index in [9.17, 15) is 13.9 Å². The lowest BCUT2D eigenvalue weighted by atomic mass is 9.93. The SMILES string of the molecule is C#Cc1c(F)ccc2cc(O)cc(-c3ccc4c(N5CCOC[C@H]5CC)nc(OC[C@@]56CCCN5C[C@H](F)C6)nc4c3F)c12. The number of anilines is 1. The molecule has 1 aromatic heterocycles. The molecule has 3 fully saturated rings. The molecule has 4 heterocycles. The first-order chi connectivity index (χ1) is 21.3. The van der Waals surface area contributed by atoms with Crippen molar-refractivity contribution in [2.75, 3.05) is 44.4 Å². The van der Waals surface area contributed by atoms with E-state index in [0.29, 0.717) is 54.7 Å². The Morgan fingerprint density at radius 1 is 1.16 bits per heavy atom. The van der Waals surface area contributed by atoms with Crippen LogP contribution in [0.5, 0.6) is 11.8 Å². The van der Waals surface area contributed by atoms with Crippen LogP contribution in [0.2, 0.25) is 0 Å². The zero-order chi connectivity index (χ0) is 30.6. The second kappa shape index (κ2) is 11.1. The minimum Gasteiger partial charge on any atom is -0.508 e. The highest BCUT2D eigenvalue weighted by atomic mass is 19.1. The second-order valence-corrected chi connectivity index (χ2v) is 12.0. The van der Waals surface area contributed by atoms with Gasteiger partial charge < -0.3 is 19.5 Å². The highest BCUT2D eigenvalue weighted by Gasteiger charge is 2.49. The number of ether oxygens (including phenoxy) is 2. The molecule has 10 heteroatoms. The Hall–Kier alpha value is -4.07. The molecular formula is C34H33F3N4O3. The third kappa shape index (κ3) is 4.70. The van der Waals surface area contributed by atoms with Crippen LogP contribution in [0.1, 0.15) is 38.2 Å². The van der Waals surface area contributed by atoms with E-state index < -0.39 is 23.3 Å². The molecule has 0 aliphatic carbocycles. The number of phenols is 1. The summed E-state index contributed by atoms with van der Waals surface area (Å²) in [6, 6.07) is 8.91. The summed E-state index contributed by atoms with van der Waals surface area (Å²) in [5, 5.41) is 11.8. The normalized spacial score (nSPS) is 23.8. The number of benzene rings is 3. The third-order valence-corrected chi connectivity index (χ3v) is 9.45. The molecule has 0 unspecified atom stereocenters. The molecule has 3 aliphatic heterocycles. The third-order valence-electron chi connectivity index (χ3n) is 9.45. The van der Waals surface area contributed by atoms with Crippen LogP contribution in [0.25, 0.3) is 32.8 Å². The first-order valence-corrected chi connectivity index (χ1v) is 15.1. The van der Waals surface area contributed by atoms with Crippen molar-refractivity contribution in [2.45, 2.75) is 50.4 Å². The van der Waals surface area contributed by atoms with Crippen molar-refractivity contribution >= 4 is 27.5 Å². The molecule has 3 aromatic carbocycles. The molecule has 0 radical (unpaired) electrons. The van der Waals surface area contributed by atoms with Crippen molar-refractivity contribution < 1.29 is 27.8 Å². The standard InChI is InChI=1S/C34H33F3N4O3/c1-3-22-18-43-13-12-41(22)32-26-8-7-25(27-15-23(42)14-20-6-9-28(36)24(4-2)29(20)27)30(37)31(26)38-33(39-32)44-19-34-10-5-11-40(34)17-21(35)16-34/h2,6-9,14-15,21-22,42H,3,5,10-13,16-19H2,1H3/t21-,22-,34+/m1/s1. The van der Waals surface area contributed by atoms with Crippen molar-refractivity contribution in [3.8, 4) is 35.2 Å². The zero-order valence-corrected chi connectivity index (χ0v) is 24.5. The van der Waals surface area contributed by atoms with Gasteiger partial charge >= 0.3 is 6.01 Å². The molecule has 0 bridgehead atoms. The van der Waals surface area contributed by atoms with E-state index >= 15 is 4.39 Å². The molecule has 1 N–H and O–H groups in total. The first kappa shape index (κ1) is 28.7. The predicted molar refractivity (Wildman–Crippen MR) is 163 cm³/mol. The molecule has 4 aromatic rings. The summed E-state index contributed by atoms with van der Waals surface area (Å²) >= 11 is 0. The van der Waals surface area contributed by atoms with Gasteiger partial charge in [0.05, 0.1) is 30.4 Å². The molecule has 44 heavy (non-hydrogen) atoms. The van der Waals surface area contributed by atoms with Crippen LogP contribution in [-0.2, 0) is 4.74 Å². The van der Waals surface area contributed by atoms with Crippen LogP contribution in [-0.4, -0.2) is 77.2 Å². The maximum absolute atomic E-state index is 16.8. The number of hydrogen-bond donors (Lipinski definition) is 1. The highest BCUT2D eigenvalue weighted by molar-refractivity contribution is 6.04. The summed E-state index contributed by atoms with van der Waals surface area (Å²) in [6.07, 6.45) is 7.71. The second-order valence-electron chi connectivity index (χ2n) is 12.0. The van der Waals surface area contributed by atoms with E-state index in [4.69, 9.17) is 20.9 Å². The molecular weight excluding hydrogens is 569 g/mol. The number of hydrogen-bond acceptors (Lipinski definition) is 7. The fraction of sp³-hybridized carbons (Fsp3) is 0.412. The minimum atomic E-state index is -0.916. The molecule has 7 nitrogen and oxygen atoms in total. The number of terminal acetylenes is 1. The summed E-state index contributed by atoms with van der Waals surface area (Å²) < 4.78 is 58.0. The number of morpholine rings is 1. The van der Waals surface area contributed by atoms with Gasteiger partial charge in [-0.1, -0.05) is 25.0 Å². The van der Waals surface area contributed by atoms with Gasteiger partial charge in [0.25, 0.3) is 0 Å². The Balaban J connectivity index is 1.39. The lowest BCUT2D eigenvalue weighted by Crippen LogP contribution is -2.46. The lowest BCUT2D eigenvalue weighted by molar-refractivity contribution is 0.0921. The Labute approximate surface area is 253 Å². The van der Waals surface area contributed by atoms with Crippen LogP contribution < -0.4 is 9.64 Å². The summed E-state index contributed by atoms with van der Waals surface area (Å²) in [6.45, 7) is 5.00. The first-order valence-electron chi connectivity index (χ1n) is 15.1. The summed E-state index contributed by atoms with van der Waals surface area (Å²) in [7, 11) is 0. The van der Waals surface area contributed by atoms with Gasteiger partial charge in [0.15, 0.2) is 5.82 Å². The van der Waals surface area contributed by atoms with Gasteiger partial charge in [0.1, 0.15) is 35.7 Å². The van der Waals surface area contributed by atoms with Gasteiger partial charge in [0.2, 0.25) is 0 Å². The Morgan fingerprint density at radius 3 is 2.84 bits per heavy atom. The van der Waals surface area contributed by atoms with Crippen LogP contribution in [0, 0.1) is 24.0 Å². The van der Waals surface area contributed by atoms with E-state index in [2.05, 4.69) is 27.6 Å². The molecule has 3 aliphatic rings. The number of halogens is 3. The Kier molecular flexibility index (Phi) is 7.26. The van der Waals surface area contributed by atoms with Gasteiger partial charge in [-0.15, -0.1) is 6.42 Å². The number of phenolic OH excluding ortho intramolecular Hbond substituents is 1. The van der Waals surface area contributed by atoms with E-state index in [0.717, 1.165) is 25.8 Å². The highest BCUT2D eigenvalue weighted by Crippen LogP contribution is 2.42. The van der Waals surface area contributed by atoms with Crippen molar-refractivity contribution in [1.82, 2.24) is 14.9 Å². The quantitative estimate of drug-likeness (QED) is 0.272. The van der Waals surface area contributed by atoms with Crippen LogP contribution in [0.15, 0.2) is 36.4 Å². The van der Waals surface area contributed by atoms with E-state index in [1.54, 1.807) is 12.1 Å². The number of aromatic nitrogens is 2. The molecule has 3 saturated heterocycles. The van der Waals surface area contributed by atoms with Gasteiger partial charge in [-0.3, -0.25) is 4.90 Å². The molecule has 0 amide bonds. The van der Waals surface area contributed by atoms with Crippen LogP contribution >= 0.6 is 0 Å². The number of rotatable bonds is 6. The summed E-state index contributed by atoms with van der Waals surface area (Å²) in [5.74, 6) is 1.50. The molecule has 228 valence electrons. The number of nitrogens with zero attached hydrogens (tertiary/aromatic N) is 4. The number of aromatic hydroxyl groups is 1. The Morgan fingerprint density at radius 2 is 2.02 bits per heavy atom. The van der Waals surface area contributed by atoms with Crippen molar-refractivity contribution in [3.05, 3.63) is 53.6 Å². The van der Waals surface area contributed by atoms with Crippen molar-refractivity contribution in [2.24, 2.45) is 0 Å². The maximum Gasteiger partial charge on any atom is 0.319 e. The minimum absolute atomic E-state index is 0.00422. The predicted octanol–water partition coefficient (Wildman–Crippen LogP) is 5.99. The summed E-state index contributed by atoms with van der Waals surface area (Å²) in [4.78, 5) is 13.6. The zero-order valence-electron chi connectivity index (χ0n) is 24.5. The van der Waals surface area contributed by atoms with Crippen LogP contribution in [0.3, 0.4) is 0 Å². The average molecular weight is 603 g/mol. The Bertz CT molecular complexity index is 1810. The molecule has 0 spiro atoms. The smallest absolute Gasteiger partial charge is 0.319 e. The van der Waals surface area contributed by atoms with Gasteiger partial charge in [-0.2, -0.15) is 9.97 Å². The molecule has 0 saturated carbocycles. The summed E-state index contributed by atoms with van der Waals surface area (Å²) in [5.41, 5.74) is -0.0880. The van der Waals surface area contributed by atoms with Crippen molar-refractivity contribution in [1.29, 1.82) is 0 Å². The van der Waals surface area contributed by atoms with Gasteiger partial charge in [0, 0.05) is 35.8 Å². The fourth-order valence-electron chi connectivity index (χ4n) is 7.32. The van der Waals surface area contributed by atoms with E-state index in [1.165, 1.54) is 24.3 Å². The van der Waals surface area contributed by atoms with Gasteiger partial charge in [-0.25, -0.2) is 13.2 Å².